The first-order chi connectivity index (χ1) is 10.6. The maximum Gasteiger partial charge on any atom is 0.109 e. The lowest BCUT2D eigenvalue weighted by atomic mass is 10.1. The van der Waals surface area contributed by atoms with Crippen LogP contribution in [0, 0.1) is 6.92 Å². The van der Waals surface area contributed by atoms with Gasteiger partial charge in [-0.3, -0.25) is 9.88 Å². The molecule has 1 aromatic carbocycles. The van der Waals surface area contributed by atoms with Crippen LogP contribution in [0.3, 0.4) is 0 Å². The highest BCUT2D eigenvalue weighted by molar-refractivity contribution is 7.00. The standard InChI is InChI=1S/C17H20N4S/c1-12-7-8-18-15(9-12)10-13(2)21(3)11-14-5-4-6-16-17(14)20-22-19-16/h4-9,13H,10-11H2,1-3H3. The maximum atomic E-state index is 4.46. The topological polar surface area (TPSA) is 41.9 Å². The summed E-state index contributed by atoms with van der Waals surface area (Å²) in [5.41, 5.74) is 5.66. The molecule has 0 aliphatic heterocycles. The fourth-order valence-electron chi connectivity index (χ4n) is 2.58. The third kappa shape index (κ3) is 3.31. The Kier molecular flexibility index (Phi) is 4.45. The van der Waals surface area contributed by atoms with Crippen molar-refractivity contribution in [2.75, 3.05) is 7.05 Å². The minimum atomic E-state index is 0.413. The highest BCUT2D eigenvalue weighted by atomic mass is 32.1. The van der Waals surface area contributed by atoms with Gasteiger partial charge < -0.3 is 0 Å². The number of aromatic nitrogens is 3. The van der Waals surface area contributed by atoms with Crippen molar-refractivity contribution in [2.24, 2.45) is 0 Å². The van der Waals surface area contributed by atoms with Gasteiger partial charge in [0.05, 0.1) is 11.7 Å². The Labute approximate surface area is 135 Å². The Morgan fingerprint density at radius 3 is 2.91 bits per heavy atom. The Morgan fingerprint density at radius 2 is 2.09 bits per heavy atom. The van der Waals surface area contributed by atoms with Crippen molar-refractivity contribution < 1.29 is 0 Å². The summed E-state index contributed by atoms with van der Waals surface area (Å²) in [6.07, 6.45) is 2.84. The number of hydrogen-bond acceptors (Lipinski definition) is 5. The van der Waals surface area contributed by atoms with E-state index < -0.39 is 0 Å². The van der Waals surface area contributed by atoms with Gasteiger partial charge in [0, 0.05) is 30.9 Å². The quantitative estimate of drug-likeness (QED) is 0.723. The second-order valence-corrected chi connectivity index (χ2v) is 6.37. The molecule has 0 aliphatic rings. The number of rotatable bonds is 5. The van der Waals surface area contributed by atoms with Crippen molar-refractivity contribution in [2.45, 2.75) is 32.9 Å². The minimum absolute atomic E-state index is 0.413. The number of pyridine rings is 1. The van der Waals surface area contributed by atoms with Crippen LogP contribution in [-0.2, 0) is 13.0 Å². The zero-order chi connectivity index (χ0) is 15.5. The number of benzene rings is 1. The molecule has 1 atom stereocenters. The van der Waals surface area contributed by atoms with Crippen LogP contribution in [0.4, 0.5) is 0 Å². The van der Waals surface area contributed by atoms with Crippen LogP contribution >= 0.6 is 11.7 Å². The predicted molar refractivity (Wildman–Crippen MR) is 91.0 cm³/mol. The molecule has 0 bridgehead atoms. The molecule has 2 aromatic heterocycles. The van der Waals surface area contributed by atoms with Gasteiger partial charge in [0.1, 0.15) is 11.0 Å². The molecule has 22 heavy (non-hydrogen) atoms. The number of hydrogen-bond donors (Lipinski definition) is 0. The molecular weight excluding hydrogens is 292 g/mol. The van der Waals surface area contributed by atoms with Gasteiger partial charge in [-0.2, -0.15) is 8.75 Å². The van der Waals surface area contributed by atoms with Crippen LogP contribution in [0.2, 0.25) is 0 Å². The van der Waals surface area contributed by atoms with Gasteiger partial charge in [-0.25, -0.2) is 0 Å². The second-order valence-electron chi connectivity index (χ2n) is 5.84. The van der Waals surface area contributed by atoms with Gasteiger partial charge in [0.25, 0.3) is 0 Å². The summed E-state index contributed by atoms with van der Waals surface area (Å²) in [5.74, 6) is 0. The molecule has 3 rings (SSSR count). The minimum Gasteiger partial charge on any atom is -0.299 e. The Balaban J connectivity index is 1.71. The SMILES string of the molecule is Cc1ccnc(CC(C)N(C)Cc2cccc3nsnc23)c1. The summed E-state index contributed by atoms with van der Waals surface area (Å²) in [7, 11) is 2.15. The van der Waals surface area contributed by atoms with E-state index in [1.807, 2.05) is 18.3 Å². The zero-order valence-corrected chi connectivity index (χ0v) is 14.0. The van der Waals surface area contributed by atoms with Gasteiger partial charge in [-0.1, -0.05) is 12.1 Å². The third-order valence-electron chi connectivity index (χ3n) is 4.02. The van der Waals surface area contributed by atoms with E-state index in [1.54, 1.807) is 0 Å². The average molecular weight is 312 g/mol. The van der Waals surface area contributed by atoms with Crippen molar-refractivity contribution in [3.05, 3.63) is 53.3 Å². The highest BCUT2D eigenvalue weighted by Gasteiger charge is 2.14. The largest absolute Gasteiger partial charge is 0.299 e. The number of likely N-dealkylation sites (N-methyl/N-ethyl adjacent to an activating group) is 1. The summed E-state index contributed by atoms with van der Waals surface area (Å²) >= 11 is 1.28. The Bertz CT molecular complexity index is 768. The lowest BCUT2D eigenvalue weighted by Crippen LogP contribution is -2.30. The molecule has 0 saturated heterocycles. The number of nitrogens with zero attached hydrogens (tertiary/aromatic N) is 4. The molecule has 0 radical (unpaired) electrons. The molecule has 0 saturated carbocycles. The fourth-order valence-corrected chi connectivity index (χ4v) is 3.15. The summed E-state index contributed by atoms with van der Waals surface area (Å²) in [6.45, 7) is 5.22. The first-order valence-corrected chi connectivity index (χ1v) is 8.18. The van der Waals surface area contributed by atoms with Crippen molar-refractivity contribution in [3.63, 3.8) is 0 Å². The van der Waals surface area contributed by atoms with Gasteiger partial charge in [-0.05, 0) is 50.2 Å². The van der Waals surface area contributed by atoms with Crippen molar-refractivity contribution >= 4 is 22.8 Å². The van der Waals surface area contributed by atoms with Crippen LogP contribution in [0.5, 0.6) is 0 Å². The number of fused-ring (bicyclic) bond motifs is 1. The molecule has 0 fully saturated rings. The lowest BCUT2D eigenvalue weighted by Gasteiger charge is -2.24. The van der Waals surface area contributed by atoms with E-state index in [2.05, 4.69) is 57.7 Å². The summed E-state index contributed by atoms with van der Waals surface area (Å²) in [5, 5.41) is 0. The molecule has 1 unspecified atom stereocenters. The van der Waals surface area contributed by atoms with E-state index in [0.717, 1.165) is 29.7 Å². The van der Waals surface area contributed by atoms with E-state index in [0.29, 0.717) is 6.04 Å². The first-order valence-electron chi connectivity index (χ1n) is 7.45. The summed E-state index contributed by atoms with van der Waals surface area (Å²) in [6, 6.07) is 10.8. The molecular formula is C17H20N4S. The molecule has 114 valence electrons. The van der Waals surface area contributed by atoms with Crippen LogP contribution in [0.1, 0.15) is 23.7 Å². The van der Waals surface area contributed by atoms with Crippen LogP contribution in [0.25, 0.3) is 11.0 Å². The first kappa shape index (κ1) is 15.1. The monoisotopic (exact) mass is 312 g/mol. The van der Waals surface area contributed by atoms with Crippen molar-refractivity contribution in [1.29, 1.82) is 0 Å². The Morgan fingerprint density at radius 1 is 1.23 bits per heavy atom. The van der Waals surface area contributed by atoms with Gasteiger partial charge in [0.15, 0.2) is 0 Å². The molecule has 4 nitrogen and oxygen atoms in total. The van der Waals surface area contributed by atoms with E-state index in [4.69, 9.17) is 0 Å². The normalized spacial score (nSPS) is 12.9. The molecule has 0 aliphatic carbocycles. The fraction of sp³-hybridized carbons (Fsp3) is 0.353. The average Bonchev–Trinajstić information content (AvgIpc) is 2.96. The van der Waals surface area contributed by atoms with Gasteiger partial charge in [-0.15, -0.1) is 0 Å². The third-order valence-corrected chi connectivity index (χ3v) is 4.56. The predicted octanol–water partition coefficient (Wildman–Crippen LogP) is 3.46. The van der Waals surface area contributed by atoms with E-state index in [1.165, 1.54) is 22.9 Å². The van der Waals surface area contributed by atoms with Crippen LogP contribution < -0.4 is 0 Å². The van der Waals surface area contributed by atoms with E-state index >= 15 is 0 Å². The zero-order valence-electron chi connectivity index (χ0n) is 13.2. The second kappa shape index (κ2) is 6.50. The molecule has 0 spiro atoms. The van der Waals surface area contributed by atoms with Gasteiger partial charge >= 0.3 is 0 Å². The van der Waals surface area contributed by atoms with Gasteiger partial charge in [0.2, 0.25) is 0 Å². The maximum absolute atomic E-state index is 4.46. The van der Waals surface area contributed by atoms with Crippen LogP contribution in [0.15, 0.2) is 36.5 Å². The van der Waals surface area contributed by atoms with E-state index in [-0.39, 0.29) is 0 Å². The lowest BCUT2D eigenvalue weighted by molar-refractivity contribution is 0.247. The molecule has 2 heterocycles. The van der Waals surface area contributed by atoms with Crippen molar-refractivity contribution in [1.82, 2.24) is 18.6 Å². The smallest absolute Gasteiger partial charge is 0.109 e. The molecule has 5 heteroatoms. The van der Waals surface area contributed by atoms with Crippen LogP contribution in [-0.4, -0.2) is 31.7 Å². The molecule has 0 amide bonds. The molecule has 3 aromatic rings. The van der Waals surface area contributed by atoms with Crippen molar-refractivity contribution in [3.8, 4) is 0 Å². The highest BCUT2D eigenvalue weighted by Crippen LogP contribution is 2.19. The number of aryl methyl sites for hydroxylation is 1. The summed E-state index contributed by atoms with van der Waals surface area (Å²) < 4.78 is 8.73. The Hall–Kier alpha value is -1.85. The summed E-state index contributed by atoms with van der Waals surface area (Å²) in [4.78, 5) is 6.81. The van der Waals surface area contributed by atoms with E-state index in [9.17, 15) is 0 Å². The molecule has 0 N–H and O–H groups in total.